The Hall–Kier alpha value is -2.21. The Morgan fingerprint density at radius 2 is 1.70 bits per heavy atom. The Balaban J connectivity index is 2.80. The normalized spacial score (nSPS) is 15.3. The number of nitrogens with zero attached hydrogens (tertiary/aromatic N) is 1. The number of benzene rings is 1. The second-order valence-electron chi connectivity index (χ2n) is 7.14. The zero-order valence-electron chi connectivity index (χ0n) is 17.3. The lowest BCUT2D eigenvalue weighted by Crippen LogP contribution is -2.55. The molecule has 2 amide bonds. The molecule has 0 radical (unpaired) electrons. The average Bonchev–Trinajstić information content (AvgIpc) is 2.66. The largest absolute Gasteiger partial charge is 0.344 e. The SMILES string of the molecule is CCC(C)[C@H](NC)C(=O)N(C)[C@H](C)C(=O)N[C@H](Cc1ccccc1)C(C)=O. The van der Waals surface area contributed by atoms with Crippen LogP contribution in [-0.2, 0) is 20.8 Å². The minimum absolute atomic E-state index is 0.110. The first-order chi connectivity index (χ1) is 12.7. The number of nitrogens with one attached hydrogen (secondary N) is 2. The van der Waals surface area contributed by atoms with E-state index in [0.717, 1.165) is 12.0 Å². The number of Topliss-reactive ketones (excluding diaryl/α,β-unsaturated/α-hetero) is 1. The molecule has 27 heavy (non-hydrogen) atoms. The highest BCUT2D eigenvalue weighted by molar-refractivity contribution is 5.92. The number of amides is 2. The van der Waals surface area contributed by atoms with Crippen molar-refractivity contribution in [1.82, 2.24) is 15.5 Å². The van der Waals surface area contributed by atoms with Crippen LogP contribution >= 0.6 is 0 Å². The Kier molecular flexibility index (Phi) is 9.15. The highest BCUT2D eigenvalue weighted by Crippen LogP contribution is 2.12. The van der Waals surface area contributed by atoms with Gasteiger partial charge in [-0.2, -0.15) is 0 Å². The van der Waals surface area contributed by atoms with Gasteiger partial charge in [-0.05, 0) is 38.8 Å². The highest BCUT2D eigenvalue weighted by Gasteiger charge is 2.31. The molecule has 0 aromatic heterocycles. The van der Waals surface area contributed by atoms with E-state index >= 15 is 0 Å². The van der Waals surface area contributed by atoms with Gasteiger partial charge in [0, 0.05) is 7.05 Å². The van der Waals surface area contributed by atoms with E-state index in [4.69, 9.17) is 0 Å². The molecule has 0 saturated heterocycles. The summed E-state index contributed by atoms with van der Waals surface area (Å²) in [5.74, 6) is -0.415. The van der Waals surface area contributed by atoms with Crippen LogP contribution < -0.4 is 10.6 Å². The molecule has 1 rings (SSSR count). The summed E-state index contributed by atoms with van der Waals surface area (Å²) in [5.41, 5.74) is 0.974. The van der Waals surface area contributed by atoms with E-state index in [1.165, 1.54) is 11.8 Å². The predicted octanol–water partition coefficient (Wildman–Crippen LogP) is 1.78. The molecule has 150 valence electrons. The smallest absolute Gasteiger partial charge is 0.243 e. The van der Waals surface area contributed by atoms with Gasteiger partial charge in [-0.15, -0.1) is 0 Å². The van der Waals surface area contributed by atoms with Gasteiger partial charge in [0.15, 0.2) is 5.78 Å². The van der Waals surface area contributed by atoms with Gasteiger partial charge in [0.25, 0.3) is 0 Å². The molecule has 6 heteroatoms. The van der Waals surface area contributed by atoms with Crippen molar-refractivity contribution in [3.8, 4) is 0 Å². The van der Waals surface area contributed by atoms with Crippen LogP contribution in [0, 0.1) is 5.92 Å². The van der Waals surface area contributed by atoms with Crippen molar-refractivity contribution >= 4 is 17.6 Å². The van der Waals surface area contributed by atoms with Gasteiger partial charge in [-0.25, -0.2) is 0 Å². The van der Waals surface area contributed by atoms with Gasteiger partial charge < -0.3 is 15.5 Å². The number of hydrogen-bond donors (Lipinski definition) is 2. The number of likely N-dealkylation sites (N-methyl/N-ethyl adjacent to an activating group) is 2. The third-order valence-corrected chi connectivity index (χ3v) is 5.19. The number of ketones is 1. The summed E-state index contributed by atoms with van der Waals surface area (Å²) in [6.45, 7) is 7.17. The molecular weight excluding hydrogens is 342 g/mol. The fraction of sp³-hybridized carbons (Fsp3) is 0.571. The Bertz CT molecular complexity index is 633. The third-order valence-electron chi connectivity index (χ3n) is 5.19. The van der Waals surface area contributed by atoms with Gasteiger partial charge in [-0.1, -0.05) is 50.6 Å². The zero-order valence-corrected chi connectivity index (χ0v) is 17.3. The van der Waals surface area contributed by atoms with Gasteiger partial charge in [-0.3, -0.25) is 14.4 Å². The van der Waals surface area contributed by atoms with Crippen LogP contribution in [0.15, 0.2) is 30.3 Å². The molecule has 0 saturated carbocycles. The van der Waals surface area contributed by atoms with Gasteiger partial charge in [0.05, 0.1) is 12.1 Å². The van der Waals surface area contributed by atoms with Crippen LogP contribution in [0.1, 0.15) is 39.7 Å². The highest BCUT2D eigenvalue weighted by atomic mass is 16.2. The summed E-state index contributed by atoms with van der Waals surface area (Å²) in [6.07, 6.45) is 1.29. The quantitative estimate of drug-likeness (QED) is 0.653. The number of hydrogen-bond acceptors (Lipinski definition) is 4. The lowest BCUT2D eigenvalue weighted by molar-refractivity contribution is -0.141. The summed E-state index contributed by atoms with van der Waals surface area (Å²) in [7, 11) is 3.37. The molecule has 0 aliphatic carbocycles. The van der Waals surface area contributed by atoms with Crippen LogP contribution in [0.2, 0.25) is 0 Å². The van der Waals surface area contributed by atoms with Crippen LogP contribution in [0.5, 0.6) is 0 Å². The van der Waals surface area contributed by atoms with Crippen molar-refractivity contribution in [2.45, 2.75) is 58.7 Å². The molecule has 6 nitrogen and oxygen atoms in total. The maximum Gasteiger partial charge on any atom is 0.243 e. The first-order valence-corrected chi connectivity index (χ1v) is 9.51. The van der Waals surface area contributed by atoms with E-state index in [1.54, 1.807) is 21.0 Å². The molecule has 0 aliphatic heterocycles. The summed E-state index contributed by atoms with van der Waals surface area (Å²) in [6, 6.07) is 7.92. The van der Waals surface area contributed by atoms with E-state index < -0.39 is 12.1 Å². The van der Waals surface area contributed by atoms with Crippen LogP contribution in [0.25, 0.3) is 0 Å². The summed E-state index contributed by atoms with van der Waals surface area (Å²) in [5, 5.41) is 5.84. The maximum atomic E-state index is 12.7. The summed E-state index contributed by atoms with van der Waals surface area (Å²) < 4.78 is 0. The fourth-order valence-corrected chi connectivity index (χ4v) is 2.91. The average molecular weight is 376 g/mol. The van der Waals surface area contributed by atoms with Crippen molar-refractivity contribution < 1.29 is 14.4 Å². The molecule has 0 fully saturated rings. The minimum atomic E-state index is -0.671. The van der Waals surface area contributed by atoms with Crippen molar-refractivity contribution in [2.24, 2.45) is 5.92 Å². The van der Waals surface area contributed by atoms with Gasteiger partial charge in [0.2, 0.25) is 11.8 Å². The molecule has 0 heterocycles. The first kappa shape index (κ1) is 22.8. The van der Waals surface area contributed by atoms with Crippen molar-refractivity contribution in [3.63, 3.8) is 0 Å². The zero-order chi connectivity index (χ0) is 20.6. The lowest BCUT2D eigenvalue weighted by Gasteiger charge is -2.31. The molecular formula is C21H33N3O3. The number of carbonyl (C=O) groups is 3. The van der Waals surface area contributed by atoms with Crippen molar-refractivity contribution in [2.75, 3.05) is 14.1 Å². The molecule has 0 spiro atoms. The molecule has 1 aromatic carbocycles. The molecule has 0 bridgehead atoms. The van der Waals surface area contributed by atoms with Crippen molar-refractivity contribution in [1.29, 1.82) is 0 Å². The topological polar surface area (TPSA) is 78.5 Å². The Morgan fingerprint density at radius 1 is 1.11 bits per heavy atom. The van der Waals surface area contributed by atoms with Gasteiger partial charge >= 0.3 is 0 Å². The van der Waals surface area contributed by atoms with E-state index in [9.17, 15) is 14.4 Å². The van der Waals surface area contributed by atoms with Crippen LogP contribution in [0.3, 0.4) is 0 Å². The van der Waals surface area contributed by atoms with E-state index in [-0.39, 0.29) is 29.6 Å². The first-order valence-electron chi connectivity index (χ1n) is 9.51. The fourth-order valence-electron chi connectivity index (χ4n) is 2.91. The second-order valence-corrected chi connectivity index (χ2v) is 7.14. The molecule has 2 N–H and O–H groups in total. The van der Waals surface area contributed by atoms with E-state index in [2.05, 4.69) is 10.6 Å². The minimum Gasteiger partial charge on any atom is -0.344 e. The van der Waals surface area contributed by atoms with Crippen molar-refractivity contribution in [3.05, 3.63) is 35.9 Å². The Labute approximate surface area is 162 Å². The second kappa shape index (κ2) is 10.8. The molecule has 0 aliphatic rings. The molecule has 1 aromatic rings. The molecule has 4 atom stereocenters. The number of rotatable bonds is 10. The summed E-state index contributed by atoms with van der Waals surface area (Å²) >= 11 is 0. The van der Waals surface area contributed by atoms with Gasteiger partial charge in [0.1, 0.15) is 6.04 Å². The standard InChI is InChI=1S/C21H33N3O3/c1-7-14(2)19(22-5)21(27)24(6)15(3)20(26)23-18(16(4)25)13-17-11-9-8-10-12-17/h8-12,14-15,18-19,22H,7,13H2,1-6H3,(H,23,26)/t14?,15-,18-,19+/m1/s1. The lowest BCUT2D eigenvalue weighted by atomic mass is 9.97. The predicted molar refractivity (Wildman–Crippen MR) is 107 cm³/mol. The summed E-state index contributed by atoms with van der Waals surface area (Å²) in [4.78, 5) is 38.8. The van der Waals surface area contributed by atoms with E-state index in [0.29, 0.717) is 6.42 Å². The number of carbonyl (C=O) groups excluding carboxylic acids is 3. The third kappa shape index (κ3) is 6.47. The maximum absolute atomic E-state index is 12.7. The Morgan fingerprint density at radius 3 is 2.19 bits per heavy atom. The molecule has 1 unspecified atom stereocenters. The van der Waals surface area contributed by atoms with E-state index in [1.807, 2.05) is 44.2 Å². The monoisotopic (exact) mass is 375 g/mol. The van der Waals surface area contributed by atoms with Crippen LogP contribution in [-0.4, -0.2) is 54.7 Å². The van der Waals surface area contributed by atoms with Crippen LogP contribution in [0.4, 0.5) is 0 Å².